The van der Waals surface area contributed by atoms with Crippen molar-refractivity contribution in [2.45, 2.75) is 27.7 Å². The van der Waals surface area contributed by atoms with Crippen molar-refractivity contribution in [3.8, 4) is 11.5 Å². The molecule has 0 aliphatic rings. The maximum atomic E-state index is 11.9. The third kappa shape index (κ3) is 4.35. The quantitative estimate of drug-likeness (QED) is 0.655. The number of nitrogens with zero attached hydrogens (tertiary/aromatic N) is 1. The monoisotopic (exact) mass is 326 g/mol. The van der Waals surface area contributed by atoms with Crippen LogP contribution in [0.15, 0.2) is 35.4 Å². The van der Waals surface area contributed by atoms with Gasteiger partial charge in [-0.25, -0.2) is 5.43 Å². The molecule has 0 aliphatic heterocycles. The van der Waals surface area contributed by atoms with E-state index in [1.165, 1.54) is 6.21 Å². The van der Waals surface area contributed by atoms with Crippen LogP contribution in [0.4, 0.5) is 0 Å². The van der Waals surface area contributed by atoms with Crippen LogP contribution in [0.1, 0.15) is 27.8 Å². The molecule has 0 saturated carbocycles. The molecule has 5 heteroatoms. The number of phenols is 1. The van der Waals surface area contributed by atoms with Gasteiger partial charge in [0.1, 0.15) is 11.5 Å². The summed E-state index contributed by atoms with van der Waals surface area (Å²) in [5.74, 6) is 0.477. The minimum Gasteiger partial charge on any atom is -0.507 e. The van der Waals surface area contributed by atoms with Crippen LogP contribution in [-0.4, -0.2) is 23.8 Å². The van der Waals surface area contributed by atoms with Gasteiger partial charge in [-0.3, -0.25) is 4.79 Å². The Morgan fingerprint density at radius 2 is 1.88 bits per heavy atom. The summed E-state index contributed by atoms with van der Waals surface area (Å²) in [7, 11) is 0. The third-order valence-electron chi connectivity index (χ3n) is 3.80. The minimum absolute atomic E-state index is 0.112. The van der Waals surface area contributed by atoms with Gasteiger partial charge in [-0.1, -0.05) is 23.8 Å². The molecular formula is C19H22N2O3. The predicted molar refractivity (Wildman–Crippen MR) is 94.7 cm³/mol. The average molecular weight is 326 g/mol. The Morgan fingerprint density at radius 3 is 2.62 bits per heavy atom. The summed E-state index contributed by atoms with van der Waals surface area (Å²) in [6, 6.07) is 9.15. The second kappa shape index (κ2) is 7.64. The van der Waals surface area contributed by atoms with Crippen LogP contribution in [0.5, 0.6) is 11.5 Å². The lowest BCUT2D eigenvalue weighted by Crippen LogP contribution is -2.25. The van der Waals surface area contributed by atoms with Crippen LogP contribution >= 0.6 is 0 Å². The highest BCUT2D eigenvalue weighted by Crippen LogP contribution is 2.25. The molecule has 2 rings (SSSR count). The highest BCUT2D eigenvalue weighted by atomic mass is 16.5. The molecule has 2 aromatic rings. The zero-order chi connectivity index (χ0) is 17.7. The Morgan fingerprint density at radius 1 is 1.17 bits per heavy atom. The number of rotatable bonds is 5. The first kappa shape index (κ1) is 17.5. The Bertz CT molecular complexity index is 782. The third-order valence-corrected chi connectivity index (χ3v) is 3.80. The van der Waals surface area contributed by atoms with E-state index in [0.717, 1.165) is 28.0 Å². The van der Waals surface area contributed by atoms with Gasteiger partial charge in [-0.2, -0.15) is 5.10 Å². The number of ether oxygens (including phenoxy) is 1. The average Bonchev–Trinajstić information content (AvgIpc) is 2.54. The first-order valence-electron chi connectivity index (χ1n) is 7.69. The second-order valence-electron chi connectivity index (χ2n) is 5.80. The SMILES string of the molecule is Cc1ccc(O)c(/C=N\NC(=O)COc2c(C)ccc(C)c2C)c1. The van der Waals surface area contributed by atoms with E-state index >= 15 is 0 Å². The van der Waals surface area contributed by atoms with Crippen LogP contribution in [0, 0.1) is 27.7 Å². The van der Waals surface area contributed by atoms with Gasteiger partial charge in [0.15, 0.2) is 6.61 Å². The van der Waals surface area contributed by atoms with Crippen molar-refractivity contribution in [2.75, 3.05) is 6.61 Å². The smallest absolute Gasteiger partial charge is 0.277 e. The molecular weight excluding hydrogens is 304 g/mol. The molecule has 126 valence electrons. The van der Waals surface area contributed by atoms with Gasteiger partial charge in [0, 0.05) is 5.56 Å². The maximum Gasteiger partial charge on any atom is 0.277 e. The van der Waals surface area contributed by atoms with Crippen LogP contribution in [-0.2, 0) is 4.79 Å². The van der Waals surface area contributed by atoms with Crippen molar-refractivity contribution in [1.82, 2.24) is 5.43 Å². The molecule has 1 amide bonds. The normalized spacial score (nSPS) is 10.8. The number of hydrogen-bond acceptors (Lipinski definition) is 4. The second-order valence-corrected chi connectivity index (χ2v) is 5.80. The molecule has 5 nitrogen and oxygen atoms in total. The zero-order valence-electron chi connectivity index (χ0n) is 14.4. The maximum absolute atomic E-state index is 11.9. The van der Waals surface area contributed by atoms with Gasteiger partial charge in [-0.15, -0.1) is 0 Å². The molecule has 2 aromatic carbocycles. The van der Waals surface area contributed by atoms with Crippen molar-refractivity contribution in [1.29, 1.82) is 0 Å². The van der Waals surface area contributed by atoms with Crippen LogP contribution in [0.2, 0.25) is 0 Å². The summed E-state index contributed by atoms with van der Waals surface area (Å²) in [5, 5.41) is 13.6. The molecule has 0 bridgehead atoms. The Kier molecular flexibility index (Phi) is 5.58. The summed E-state index contributed by atoms with van der Waals surface area (Å²) in [6.07, 6.45) is 1.41. The molecule has 0 heterocycles. The molecule has 0 saturated heterocycles. The van der Waals surface area contributed by atoms with Gasteiger partial charge in [-0.05, 0) is 56.5 Å². The first-order valence-corrected chi connectivity index (χ1v) is 7.69. The standard InChI is InChI=1S/C19H22N2O3/c1-12-5-8-17(22)16(9-12)10-20-21-18(23)11-24-19-14(3)7-6-13(2)15(19)4/h5-10,22H,11H2,1-4H3,(H,21,23)/b20-10-. The van der Waals surface area contributed by atoms with E-state index in [-0.39, 0.29) is 18.3 Å². The van der Waals surface area contributed by atoms with E-state index in [1.807, 2.05) is 39.8 Å². The summed E-state index contributed by atoms with van der Waals surface area (Å²) in [5.41, 5.74) is 7.06. The molecule has 0 unspecified atom stereocenters. The highest BCUT2D eigenvalue weighted by Gasteiger charge is 2.08. The topological polar surface area (TPSA) is 70.9 Å². The molecule has 0 aliphatic carbocycles. The van der Waals surface area contributed by atoms with Crippen molar-refractivity contribution in [3.05, 3.63) is 58.1 Å². The van der Waals surface area contributed by atoms with Gasteiger partial charge in [0.25, 0.3) is 5.91 Å². The molecule has 24 heavy (non-hydrogen) atoms. The van der Waals surface area contributed by atoms with Crippen molar-refractivity contribution in [2.24, 2.45) is 5.10 Å². The van der Waals surface area contributed by atoms with Crippen molar-refractivity contribution >= 4 is 12.1 Å². The molecule has 0 radical (unpaired) electrons. The summed E-state index contributed by atoms with van der Waals surface area (Å²) in [6.45, 7) is 7.70. The number of hydrazone groups is 1. The number of phenolic OH excluding ortho intramolecular Hbond substituents is 1. The van der Waals surface area contributed by atoms with E-state index in [2.05, 4.69) is 10.5 Å². The lowest BCUT2D eigenvalue weighted by Gasteiger charge is -2.13. The lowest BCUT2D eigenvalue weighted by molar-refractivity contribution is -0.123. The fourth-order valence-electron chi connectivity index (χ4n) is 2.27. The number of amides is 1. The Balaban J connectivity index is 1.94. The molecule has 0 aromatic heterocycles. The van der Waals surface area contributed by atoms with Gasteiger partial charge in [0.2, 0.25) is 0 Å². The van der Waals surface area contributed by atoms with E-state index in [1.54, 1.807) is 18.2 Å². The highest BCUT2D eigenvalue weighted by molar-refractivity contribution is 5.85. The number of benzene rings is 2. The number of hydrogen-bond donors (Lipinski definition) is 2. The fourth-order valence-corrected chi connectivity index (χ4v) is 2.27. The predicted octanol–water partition coefficient (Wildman–Crippen LogP) is 3.15. The van der Waals surface area contributed by atoms with E-state index in [4.69, 9.17) is 4.74 Å². The summed E-state index contributed by atoms with van der Waals surface area (Å²) in [4.78, 5) is 11.9. The number of carbonyl (C=O) groups excluding carboxylic acids is 1. The number of nitrogens with one attached hydrogen (secondary N) is 1. The largest absolute Gasteiger partial charge is 0.507 e. The van der Waals surface area contributed by atoms with Gasteiger partial charge in [0.05, 0.1) is 6.21 Å². The van der Waals surface area contributed by atoms with Crippen LogP contribution < -0.4 is 10.2 Å². The molecule has 0 spiro atoms. The van der Waals surface area contributed by atoms with E-state index in [9.17, 15) is 9.90 Å². The minimum atomic E-state index is -0.362. The fraction of sp³-hybridized carbons (Fsp3) is 0.263. The first-order chi connectivity index (χ1) is 11.4. The van der Waals surface area contributed by atoms with Gasteiger partial charge < -0.3 is 9.84 Å². The Labute approximate surface area is 142 Å². The molecule has 0 atom stereocenters. The van der Waals surface area contributed by atoms with Crippen molar-refractivity contribution < 1.29 is 14.6 Å². The van der Waals surface area contributed by atoms with Crippen molar-refractivity contribution in [3.63, 3.8) is 0 Å². The van der Waals surface area contributed by atoms with E-state index < -0.39 is 0 Å². The molecule has 0 fully saturated rings. The lowest BCUT2D eigenvalue weighted by atomic mass is 10.1. The van der Waals surface area contributed by atoms with Gasteiger partial charge >= 0.3 is 0 Å². The summed E-state index contributed by atoms with van der Waals surface area (Å²) >= 11 is 0. The van der Waals surface area contributed by atoms with Crippen LogP contribution in [0.3, 0.4) is 0 Å². The zero-order valence-corrected chi connectivity index (χ0v) is 14.4. The van der Waals surface area contributed by atoms with Crippen LogP contribution in [0.25, 0.3) is 0 Å². The van der Waals surface area contributed by atoms with E-state index in [0.29, 0.717) is 5.56 Å². The number of aromatic hydroxyl groups is 1. The number of aryl methyl sites for hydroxylation is 3. The number of carbonyl (C=O) groups is 1. The Hall–Kier alpha value is -2.82. The molecule has 2 N–H and O–H groups in total. The summed E-state index contributed by atoms with van der Waals surface area (Å²) < 4.78 is 5.62.